The molecular formula is C13H14ClNO2Zn. The summed E-state index contributed by atoms with van der Waals surface area (Å²) in [5.74, 6) is -0.911. The smallest absolute Gasteiger partial charge is 1.00 e. The molecular weight excluding hydrogens is 303 g/mol. The van der Waals surface area contributed by atoms with E-state index in [2.05, 4.69) is 13.1 Å². The molecule has 1 aromatic heterocycles. The minimum Gasteiger partial charge on any atom is -1.00 e. The molecule has 1 heterocycles. The molecule has 3 nitrogen and oxygen atoms in total. The van der Waals surface area contributed by atoms with Crippen LogP contribution in [0.15, 0.2) is 24.3 Å². The Balaban J connectivity index is 0.00000144. The van der Waals surface area contributed by atoms with Crippen LogP contribution in [-0.4, -0.2) is 15.6 Å². The second kappa shape index (κ2) is 7.55. The van der Waals surface area contributed by atoms with Crippen LogP contribution in [0, 0.1) is 6.20 Å². The van der Waals surface area contributed by atoms with Gasteiger partial charge in [-0.3, -0.25) is 0 Å². The van der Waals surface area contributed by atoms with Crippen LogP contribution in [0.4, 0.5) is 0 Å². The number of aromatic nitrogens is 1. The quantitative estimate of drug-likeness (QED) is 0.634. The van der Waals surface area contributed by atoms with Crippen LogP contribution in [0.3, 0.4) is 0 Å². The molecule has 0 radical (unpaired) electrons. The number of benzene rings is 1. The van der Waals surface area contributed by atoms with E-state index in [-0.39, 0.29) is 37.4 Å². The maximum absolute atomic E-state index is 11.1. The summed E-state index contributed by atoms with van der Waals surface area (Å²) in [5.41, 5.74) is 1.22. The number of hydrogen-bond donors (Lipinski definition) is 1. The summed E-state index contributed by atoms with van der Waals surface area (Å²) >= 11 is 0. The fourth-order valence-corrected chi connectivity index (χ4v) is 1.83. The molecule has 2 rings (SSSR count). The summed E-state index contributed by atoms with van der Waals surface area (Å²) < 4.78 is 1.91. The zero-order valence-corrected chi connectivity index (χ0v) is 14.0. The number of carbonyl (C=O) groups is 1. The summed E-state index contributed by atoms with van der Waals surface area (Å²) in [7, 11) is 0. The van der Waals surface area contributed by atoms with E-state index in [0.29, 0.717) is 0 Å². The third kappa shape index (κ3) is 3.33. The minimum absolute atomic E-state index is 0. The average Bonchev–Trinajstić information content (AvgIpc) is 2.65. The molecule has 0 aliphatic heterocycles. The van der Waals surface area contributed by atoms with Gasteiger partial charge in [-0.2, -0.15) is 0 Å². The molecule has 0 bridgehead atoms. The van der Waals surface area contributed by atoms with E-state index >= 15 is 0 Å². The summed E-state index contributed by atoms with van der Waals surface area (Å²) in [6, 6.07) is 7.54. The monoisotopic (exact) mass is 315 g/mol. The summed E-state index contributed by atoms with van der Waals surface area (Å²) in [6.45, 7) is 2.94. The first-order valence-corrected chi connectivity index (χ1v) is 5.48. The maximum atomic E-state index is 11.1. The Morgan fingerprint density at radius 1 is 1.39 bits per heavy atom. The molecule has 0 saturated heterocycles. The number of hydrogen-bond acceptors (Lipinski definition) is 1. The van der Waals surface area contributed by atoms with E-state index in [4.69, 9.17) is 5.11 Å². The van der Waals surface area contributed by atoms with Crippen LogP contribution in [0.2, 0.25) is 0 Å². The van der Waals surface area contributed by atoms with Gasteiger partial charge in [-0.25, -0.2) is 0 Å². The van der Waals surface area contributed by atoms with Gasteiger partial charge in [0.25, 0.3) is 0 Å². The van der Waals surface area contributed by atoms with Crippen LogP contribution in [-0.2, 0) is 26.0 Å². The molecule has 0 aliphatic rings. The van der Waals surface area contributed by atoms with Crippen molar-refractivity contribution in [3.63, 3.8) is 0 Å². The van der Waals surface area contributed by atoms with Gasteiger partial charge in [-0.1, -0.05) is 43.3 Å². The Kier molecular flexibility index (Phi) is 7.19. The van der Waals surface area contributed by atoms with Crippen molar-refractivity contribution in [2.45, 2.75) is 26.3 Å². The Morgan fingerprint density at radius 3 is 2.67 bits per heavy atom. The fraction of sp³-hybridized carbons (Fsp3) is 0.308. The maximum Gasteiger partial charge on any atom is 2.00 e. The van der Waals surface area contributed by atoms with Crippen molar-refractivity contribution in [1.82, 2.24) is 4.57 Å². The number of rotatable bonds is 4. The number of aromatic carboxylic acids is 1. The zero-order valence-electron chi connectivity index (χ0n) is 10.3. The second-order valence-corrected chi connectivity index (χ2v) is 3.81. The number of nitrogens with zero attached hydrogens (tertiary/aromatic N) is 1. The van der Waals surface area contributed by atoms with Gasteiger partial charge in [0.1, 0.15) is 0 Å². The molecule has 5 heteroatoms. The minimum atomic E-state index is -0.911. The van der Waals surface area contributed by atoms with Crippen molar-refractivity contribution in [3.8, 4) is 0 Å². The third-order valence-corrected chi connectivity index (χ3v) is 2.66. The molecule has 0 amide bonds. The van der Waals surface area contributed by atoms with Crippen molar-refractivity contribution >= 4 is 16.9 Å². The Labute approximate surface area is 125 Å². The Bertz CT molecular complexity index is 525. The van der Waals surface area contributed by atoms with Gasteiger partial charge in [-0.05, 0) is 12.0 Å². The van der Waals surface area contributed by atoms with Crippen LogP contribution in [0.5, 0.6) is 0 Å². The number of para-hydroxylation sites is 1. The number of carboxylic acid groups (broad SMARTS) is 1. The summed E-state index contributed by atoms with van der Waals surface area (Å²) in [5, 5.41) is 9.85. The van der Waals surface area contributed by atoms with Crippen LogP contribution in [0.1, 0.15) is 30.1 Å². The van der Waals surface area contributed by atoms with Gasteiger partial charge in [-0.15, -0.1) is 11.5 Å². The van der Waals surface area contributed by atoms with E-state index in [9.17, 15) is 4.79 Å². The topological polar surface area (TPSA) is 42.2 Å². The standard InChI is InChI=1S/C13H14NO2.ClH.Zn/c1-2-3-8-14-9-11(13(15)16)10-6-4-5-7-12(10)14;;/h4-7H,2-3,8H2,1H3,(H,15,16);1H;/q-1;;+2/p-1. The van der Waals surface area contributed by atoms with Crippen LogP contribution >= 0.6 is 0 Å². The van der Waals surface area contributed by atoms with Gasteiger partial charge in [0.15, 0.2) is 0 Å². The second-order valence-electron chi connectivity index (χ2n) is 3.81. The van der Waals surface area contributed by atoms with E-state index in [1.165, 1.54) is 0 Å². The van der Waals surface area contributed by atoms with Crippen molar-refractivity contribution in [3.05, 3.63) is 36.0 Å². The summed E-state index contributed by atoms with van der Waals surface area (Å²) in [4.78, 5) is 11.1. The SMILES string of the molecule is CCCCn1[c-]c(C(=O)O)c2ccccc21.[Cl-].[Zn+2]. The van der Waals surface area contributed by atoms with Gasteiger partial charge in [0.2, 0.25) is 5.97 Å². The number of carboxylic acids is 1. The molecule has 1 aromatic carbocycles. The van der Waals surface area contributed by atoms with Gasteiger partial charge >= 0.3 is 19.5 Å². The molecule has 0 aliphatic carbocycles. The van der Waals surface area contributed by atoms with E-state index in [1.807, 2.05) is 28.8 Å². The van der Waals surface area contributed by atoms with Crippen LogP contribution in [0.25, 0.3) is 10.9 Å². The first kappa shape index (κ1) is 17.1. The first-order chi connectivity index (χ1) is 7.74. The van der Waals surface area contributed by atoms with E-state index in [1.54, 1.807) is 0 Å². The molecule has 0 atom stereocenters. The average molecular weight is 317 g/mol. The predicted octanol–water partition coefficient (Wildman–Crippen LogP) is -0.0587. The Morgan fingerprint density at radius 2 is 2.06 bits per heavy atom. The molecule has 92 valence electrons. The molecule has 0 fully saturated rings. The third-order valence-electron chi connectivity index (χ3n) is 2.66. The van der Waals surface area contributed by atoms with E-state index < -0.39 is 5.97 Å². The van der Waals surface area contributed by atoms with Gasteiger partial charge in [0.05, 0.1) is 0 Å². The molecule has 18 heavy (non-hydrogen) atoms. The summed E-state index contributed by atoms with van der Waals surface area (Å²) in [6.07, 6.45) is 5.06. The molecule has 0 saturated carbocycles. The zero-order chi connectivity index (χ0) is 11.5. The van der Waals surface area contributed by atoms with Crippen molar-refractivity contribution in [2.24, 2.45) is 0 Å². The number of halogens is 1. The predicted molar refractivity (Wildman–Crippen MR) is 62.6 cm³/mol. The fourth-order valence-electron chi connectivity index (χ4n) is 1.83. The number of fused-ring (bicyclic) bond motifs is 1. The van der Waals surface area contributed by atoms with Crippen molar-refractivity contribution in [2.75, 3.05) is 0 Å². The van der Waals surface area contributed by atoms with Gasteiger partial charge < -0.3 is 26.9 Å². The Hall–Kier alpha value is -0.857. The first-order valence-electron chi connectivity index (χ1n) is 5.48. The van der Waals surface area contributed by atoms with E-state index in [0.717, 1.165) is 30.3 Å². The van der Waals surface area contributed by atoms with Crippen LogP contribution < -0.4 is 12.4 Å². The molecule has 0 unspecified atom stereocenters. The molecule has 2 aromatic rings. The molecule has 1 N–H and O–H groups in total. The van der Waals surface area contributed by atoms with Crippen molar-refractivity contribution in [1.29, 1.82) is 0 Å². The largest absolute Gasteiger partial charge is 2.00 e. The molecule has 0 spiro atoms. The van der Waals surface area contributed by atoms with Crippen molar-refractivity contribution < 1.29 is 41.8 Å². The normalized spacial score (nSPS) is 9.61. The van der Waals surface area contributed by atoms with Gasteiger partial charge in [0, 0.05) is 6.54 Å². The number of unbranched alkanes of at least 4 members (excludes halogenated alkanes) is 1. The number of aryl methyl sites for hydroxylation is 1.